The van der Waals surface area contributed by atoms with Gasteiger partial charge in [-0.2, -0.15) is 0 Å². The molecule has 1 atom stereocenters. The zero-order valence-electron chi connectivity index (χ0n) is 13.5. The van der Waals surface area contributed by atoms with Crippen molar-refractivity contribution >= 4 is 5.97 Å². The Morgan fingerprint density at radius 3 is 1.90 bits per heavy atom. The van der Waals surface area contributed by atoms with E-state index in [1.807, 2.05) is 0 Å². The Morgan fingerprint density at radius 2 is 1.35 bits per heavy atom. The van der Waals surface area contributed by atoms with Crippen LogP contribution in [0.4, 0.5) is 0 Å². The van der Waals surface area contributed by atoms with Gasteiger partial charge in [-0.25, -0.2) is 0 Å². The highest BCUT2D eigenvalue weighted by Gasteiger charge is 2.13. The quantitative estimate of drug-likeness (QED) is 0.600. The van der Waals surface area contributed by atoms with Crippen molar-refractivity contribution in [2.75, 3.05) is 0 Å². The van der Waals surface area contributed by atoms with Gasteiger partial charge in [-0.05, 0) is 25.7 Å². The van der Waals surface area contributed by atoms with E-state index in [4.69, 9.17) is 4.74 Å². The molecule has 118 valence electrons. The maximum absolute atomic E-state index is 11.8. The summed E-state index contributed by atoms with van der Waals surface area (Å²) in [5, 5.41) is 0. The van der Waals surface area contributed by atoms with Crippen LogP contribution in [0, 0.1) is 0 Å². The summed E-state index contributed by atoms with van der Waals surface area (Å²) in [6, 6.07) is 0. The Labute approximate surface area is 125 Å². The number of esters is 1. The predicted octanol–water partition coefficient (Wildman–Crippen LogP) is 5.78. The molecule has 0 saturated carbocycles. The highest BCUT2D eigenvalue weighted by Crippen LogP contribution is 2.17. The highest BCUT2D eigenvalue weighted by molar-refractivity contribution is 5.69. The average Bonchev–Trinajstić information content (AvgIpc) is 2.42. The SMILES string of the molecule is CCCC1CCCCCCCCCCCCCC(=O)O1. The molecule has 2 nitrogen and oxygen atoms in total. The van der Waals surface area contributed by atoms with E-state index < -0.39 is 0 Å². The molecule has 1 rings (SSSR count). The highest BCUT2D eigenvalue weighted by atomic mass is 16.5. The number of carbonyl (C=O) groups is 1. The number of rotatable bonds is 2. The van der Waals surface area contributed by atoms with Gasteiger partial charge in [-0.1, -0.05) is 71.1 Å². The fraction of sp³-hybridized carbons (Fsp3) is 0.944. The summed E-state index contributed by atoms with van der Waals surface area (Å²) in [7, 11) is 0. The first kappa shape index (κ1) is 17.5. The van der Waals surface area contributed by atoms with Crippen molar-refractivity contribution in [2.45, 2.75) is 109 Å². The number of cyclic esters (lactones) is 1. The standard InChI is InChI=1S/C18H34O2/c1-2-14-17-15-12-10-8-6-4-3-5-7-9-11-13-16-18(19)20-17/h17H,2-16H2,1H3. The third-order valence-electron chi connectivity index (χ3n) is 4.32. The normalized spacial score (nSPS) is 25.1. The van der Waals surface area contributed by atoms with Crippen LogP contribution in [-0.4, -0.2) is 12.1 Å². The van der Waals surface area contributed by atoms with Crippen LogP contribution in [-0.2, 0) is 9.53 Å². The molecule has 0 spiro atoms. The number of carbonyl (C=O) groups excluding carboxylic acids is 1. The van der Waals surface area contributed by atoms with Crippen molar-refractivity contribution in [1.82, 2.24) is 0 Å². The first-order chi connectivity index (χ1) is 9.83. The Hall–Kier alpha value is -0.530. The zero-order chi connectivity index (χ0) is 14.5. The zero-order valence-corrected chi connectivity index (χ0v) is 13.5. The van der Waals surface area contributed by atoms with Gasteiger partial charge >= 0.3 is 5.97 Å². The van der Waals surface area contributed by atoms with Gasteiger partial charge in [0.05, 0.1) is 0 Å². The van der Waals surface area contributed by atoms with E-state index in [0.717, 1.165) is 25.7 Å². The molecule has 2 heteroatoms. The summed E-state index contributed by atoms with van der Waals surface area (Å²) in [6.07, 6.45) is 18.3. The maximum Gasteiger partial charge on any atom is 0.306 e. The van der Waals surface area contributed by atoms with E-state index in [0.29, 0.717) is 6.42 Å². The molecule has 1 saturated heterocycles. The van der Waals surface area contributed by atoms with E-state index in [9.17, 15) is 4.79 Å². The van der Waals surface area contributed by atoms with Crippen molar-refractivity contribution in [3.05, 3.63) is 0 Å². The van der Waals surface area contributed by atoms with E-state index in [2.05, 4.69) is 6.92 Å². The Morgan fingerprint density at radius 1 is 0.850 bits per heavy atom. The minimum atomic E-state index is 0.0375. The minimum absolute atomic E-state index is 0.0375. The summed E-state index contributed by atoms with van der Waals surface area (Å²) in [5.41, 5.74) is 0. The van der Waals surface area contributed by atoms with Crippen LogP contribution in [0.15, 0.2) is 0 Å². The van der Waals surface area contributed by atoms with Gasteiger partial charge in [-0.15, -0.1) is 0 Å². The first-order valence-electron chi connectivity index (χ1n) is 9.02. The van der Waals surface area contributed by atoms with Crippen LogP contribution in [0.3, 0.4) is 0 Å². The average molecular weight is 282 g/mol. The molecule has 1 unspecified atom stereocenters. The molecule has 0 radical (unpaired) electrons. The third kappa shape index (κ3) is 9.39. The van der Waals surface area contributed by atoms with Crippen LogP contribution in [0.5, 0.6) is 0 Å². The van der Waals surface area contributed by atoms with Gasteiger partial charge in [0.2, 0.25) is 0 Å². The largest absolute Gasteiger partial charge is 0.462 e. The second-order valence-corrected chi connectivity index (χ2v) is 6.33. The summed E-state index contributed by atoms with van der Waals surface area (Å²) in [5.74, 6) is 0.0375. The molecule has 0 bridgehead atoms. The van der Waals surface area contributed by atoms with Gasteiger partial charge in [0, 0.05) is 6.42 Å². The second-order valence-electron chi connectivity index (χ2n) is 6.33. The molecular weight excluding hydrogens is 248 g/mol. The summed E-state index contributed by atoms with van der Waals surface area (Å²) < 4.78 is 5.65. The lowest BCUT2D eigenvalue weighted by Gasteiger charge is -2.17. The number of hydrogen-bond donors (Lipinski definition) is 0. The molecule has 0 aromatic heterocycles. The lowest BCUT2D eigenvalue weighted by Crippen LogP contribution is -2.18. The molecule has 1 aliphatic rings. The van der Waals surface area contributed by atoms with Crippen molar-refractivity contribution in [2.24, 2.45) is 0 Å². The van der Waals surface area contributed by atoms with E-state index in [1.165, 1.54) is 64.2 Å². The van der Waals surface area contributed by atoms with Crippen molar-refractivity contribution in [3.8, 4) is 0 Å². The van der Waals surface area contributed by atoms with Crippen LogP contribution < -0.4 is 0 Å². The van der Waals surface area contributed by atoms with Gasteiger partial charge in [0.15, 0.2) is 0 Å². The van der Waals surface area contributed by atoms with Gasteiger partial charge in [0.25, 0.3) is 0 Å². The number of hydrogen-bond acceptors (Lipinski definition) is 2. The van der Waals surface area contributed by atoms with Crippen LogP contribution >= 0.6 is 0 Å². The third-order valence-corrected chi connectivity index (χ3v) is 4.32. The Balaban J connectivity index is 2.31. The molecule has 0 aromatic rings. The molecule has 0 N–H and O–H groups in total. The van der Waals surface area contributed by atoms with Gasteiger partial charge in [0.1, 0.15) is 6.10 Å². The van der Waals surface area contributed by atoms with Crippen LogP contribution in [0.25, 0.3) is 0 Å². The fourth-order valence-electron chi connectivity index (χ4n) is 3.06. The van der Waals surface area contributed by atoms with E-state index in [1.54, 1.807) is 0 Å². The summed E-state index contributed by atoms with van der Waals surface area (Å²) in [6.45, 7) is 2.17. The van der Waals surface area contributed by atoms with Crippen molar-refractivity contribution in [3.63, 3.8) is 0 Å². The fourth-order valence-corrected chi connectivity index (χ4v) is 3.06. The Kier molecular flexibility index (Phi) is 10.7. The number of ether oxygens (including phenoxy) is 1. The first-order valence-corrected chi connectivity index (χ1v) is 9.02. The molecule has 1 heterocycles. The van der Waals surface area contributed by atoms with Crippen LogP contribution in [0.2, 0.25) is 0 Å². The van der Waals surface area contributed by atoms with E-state index >= 15 is 0 Å². The monoisotopic (exact) mass is 282 g/mol. The van der Waals surface area contributed by atoms with E-state index in [-0.39, 0.29) is 12.1 Å². The van der Waals surface area contributed by atoms with Crippen LogP contribution in [0.1, 0.15) is 103 Å². The smallest absolute Gasteiger partial charge is 0.306 e. The summed E-state index contributed by atoms with van der Waals surface area (Å²) in [4.78, 5) is 11.8. The Bertz CT molecular complexity index is 238. The molecular formula is C18H34O2. The minimum Gasteiger partial charge on any atom is -0.462 e. The van der Waals surface area contributed by atoms with Gasteiger partial charge < -0.3 is 4.74 Å². The second kappa shape index (κ2) is 12.2. The molecule has 0 aromatic carbocycles. The molecule has 1 aliphatic heterocycles. The molecule has 20 heavy (non-hydrogen) atoms. The molecule has 0 amide bonds. The molecule has 0 aliphatic carbocycles. The van der Waals surface area contributed by atoms with Crippen molar-refractivity contribution in [1.29, 1.82) is 0 Å². The maximum atomic E-state index is 11.8. The van der Waals surface area contributed by atoms with Gasteiger partial charge in [-0.3, -0.25) is 4.79 Å². The lowest BCUT2D eigenvalue weighted by atomic mass is 10.0. The lowest BCUT2D eigenvalue weighted by molar-refractivity contribution is -0.150. The summed E-state index contributed by atoms with van der Waals surface area (Å²) >= 11 is 0. The molecule has 1 fully saturated rings. The predicted molar refractivity (Wildman–Crippen MR) is 84.8 cm³/mol. The van der Waals surface area contributed by atoms with Crippen molar-refractivity contribution < 1.29 is 9.53 Å². The topological polar surface area (TPSA) is 26.3 Å².